The SMILES string of the molecule is Cc1cc(-c2cc(C)n(S(C)(=O)=O)n2)c(F)cc1Cl. The largest absolute Gasteiger partial charge is 0.251 e. The summed E-state index contributed by atoms with van der Waals surface area (Å²) in [6.45, 7) is 3.34. The second kappa shape index (κ2) is 4.61. The molecule has 0 radical (unpaired) electrons. The molecular formula is C12H12ClFN2O2S. The highest BCUT2D eigenvalue weighted by Gasteiger charge is 2.16. The van der Waals surface area contributed by atoms with Crippen LogP contribution in [-0.2, 0) is 10.0 Å². The van der Waals surface area contributed by atoms with Crippen molar-refractivity contribution in [3.63, 3.8) is 0 Å². The highest BCUT2D eigenvalue weighted by Crippen LogP contribution is 2.28. The molecule has 0 amide bonds. The molecule has 0 N–H and O–H groups in total. The third-order valence-corrected chi connectivity index (χ3v) is 4.09. The van der Waals surface area contributed by atoms with E-state index >= 15 is 0 Å². The number of aromatic nitrogens is 2. The maximum Gasteiger partial charge on any atom is 0.251 e. The zero-order valence-electron chi connectivity index (χ0n) is 10.6. The van der Waals surface area contributed by atoms with Crippen LogP contribution in [-0.4, -0.2) is 23.9 Å². The fourth-order valence-electron chi connectivity index (χ4n) is 1.78. The van der Waals surface area contributed by atoms with Crippen molar-refractivity contribution < 1.29 is 12.8 Å². The molecule has 2 aromatic rings. The third-order valence-electron chi connectivity index (χ3n) is 2.68. The summed E-state index contributed by atoms with van der Waals surface area (Å²) in [5.41, 5.74) is 1.61. The first-order valence-electron chi connectivity index (χ1n) is 5.43. The molecule has 0 spiro atoms. The molecule has 102 valence electrons. The van der Waals surface area contributed by atoms with Crippen LogP contribution in [0.3, 0.4) is 0 Å². The standard InChI is InChI=1S/C12H12ClFN2O2S/c1-7-4-9(11(14)6-10(7)13)12-5-8(2)16(15-12)19(3,17)18/h4-6H,1-3H3. The van der Waals surface area contributed by atoms with Gasteiger partial charge in [0.2, 0.25) is 0 Å². The first-order valence-corrected chi connectivity index (χ1v) is 7.66. The summed E-state index contributed by atoms with van der Waals surface area (Å²) in [6.07, 6.45) is 1.04. The van der Waals surface area contributed by atoms with E-state index in [0.29, 0.717) is 16.3 Å². The topological polar surface area (TPSA) is 52.0 Å². The second-order valence-electron chi connectivity index (χ2n) is 4.36. The summed E-state index contributed by atoms with van der Waals surface area (Å²) in [5, 5.41) is 4.25. The monoisotopic (exact) mass is 302 g/mol. The average molecular weight is 303 g/mol. The molecule has 0 unspecified atom stereocenters. The molecule has 2 rings (SSSR count). The first-order chi connectivity index (χ1) is 8.70. The van der Waals surface area contributed by atoms with E-state index in [4.69, 9.17) is 11.6 Å². The fourth-order valence-corrected chi connectivity index (χ4v) is 2.74. The van der Waals surface area contributed by atoms with Crippen LogP contribution in [0.4, 0.5) is 4.39 Å². The van der Waals surface area contributed by atoms with E-state index in [0.717, 1.165) is 10.3 Å². The first kappa shape index (κ1) is 14.0. The van der Waals surface area contributed by atoms with Crippen LogP contribution < -0.4 is 0 Å². The summed E-state index contributed by atoms with van der Waals surface area (Å²) in [6, 6.07) is 4.26. The number of hydrogen-bond acceptors (Lipinski definition) is 3. The molecule has 0 saturated heterocycles. The highest BCUT2D eigenvalue weighted by atomic mass is 35.5. The van der Waals surface area contributed by atoms with Gasteiger partial charge in [-0.05, 0) is 37.6 Å². The molecule has 0 atom stereocenters. The van der Waals surface area contributed by atoms with Gasteiger partial charge in [0.05, 0.1) is 17.6 Å². The van der Waals surface area contributed by atoms with Gasteiger partial charge in [-0.15, -0.1) is 0 Å². The Hall–Kier alpha value is -1.40. The molecule has 1 aromatic carbocycles. The number of rotatable bonds is 2. The van der Waals surface area contributed by atoms with Crippen molar-refractivity contribution >= 4 is 21.6 Å². The van der Waals surface area contributed by atoms with Crippen molar-refractivity contribution in [1.29, 1.82) is 0 Å². The van der Waals surface area contributed by atoms with E-state index in [1.54, 1.807) is 19.9 Å². The Balaban J connectivity index is 2.64. The van der Waals surface area contributed by atoms with Crippen LogP contribution in [0, 0.1) is 19.7 Å². The quantitative estimate of drug-likeness (QED) is 0.857. The predicted molar refractivity (Wildman–Crippen MR) is 72.3 cm³/mol. The number of aryl methyl sites for hydroxylation is 2. The number of halogens is 2. The molecule has 0 saturated carbocycles. The molecule has 19 heavy (non-hydrogen) atoms. The molecule has 4 nitrogen and oxygen atoms in total. The molecule has 0 aliphatic carbocycles. The van der Waals surface area contributed by atoms with E-state index < -0.39 is 15.8 Å². The molecule has 1 aromatic heterocycles. The summed E-state index contributed by atoms with van der Waals surface area (Å²) < 4.78 is 37.7. The van der Waals surface area contributed by atoms with E-state index in [9.17, 15) is 12.8 Å². The van der Waals surface area contributed by atoms with Crippen LogP contribution in [0.2, 0.25) is 5.02 Å². The van der Waals surface area contributed by atoms with Gasteiger partial charge in [-0.3, -0.25) is 0 Å². The minimum Gasteiger partial charge on any atom is -0.206 e. The summed E-state index contributed by atoms with van der Waals surface area (Å²) in [4.78, 5) is 0. The van der Waals surface area contributed by atoms with Crippen molar-refractivity contribution in [1.82, 2.24) is 9.19 Å². The Labute approximate surface area is 115 Å². The van der Waals surface area contributed by atoms with Gasteiger partial charge in [0.15, 0.2) is 0 Å². The predicted octanol–water partition coefficient (Wildman–Crippen LogP) is 2.77. The summed E-state index contributed by atoms with van der Waals surface area (Å²) in [5.74, 6) is -0.534. The lowest BCUT2D eigenvalue weighted by Gasteiger charge is -2.03. The molecule has 0 aliphatic heterocycles. The number of benzene rings is 1. The molecule has 0 fully saturated rings. The van der Waals surface area contributed by atoms with Crippen LogP contribution in [0.5, 0.6) is 0 Å². The minimum absolute atomic E-state index is 0.229. The van der Waals surface area contributed by atoms with E-state index in [1.165, 1.54) is 12.1 Å². The number of nitrogens with zero attached hydrogens (tertiary/aromatic N) is 2. The van der Waals surface area contributed by atoms with E-state index in [2.05, 4.69) is 5.10 Å². The van der Waals surface area contributed by atoms with Gasteiger partial charge < -0.3 is 0 Å². The maximum atomic E-state index is 13.9. The van der Waals surface area contributed by atoms with Gasteiger partial charge in [0.25, 0.3) is 10.0 Å². The lowest BCUT2D eigenvalue weighted by Crippen LogP contribution is -2.13. The molecule has 0 aliphatic rings. The van der Waals surface area contributed by atoms with Crippen molar-refractivity contribution in [2.24, 2.45) is 0 Å². The van der Waals surface area contributed by atoms with Crippen molar-refractivity contribution in [2.75, 3.05) is 6.26 Å². The Bertz CT molecular complexity index is 753. The average Bonchev–Trinajstić information content (AvgIpc) is 2.65. The summed E-state index contributed by atoms with van der Waals surface area (Å²) in [7, 11) is -3.49. The van der Waals surface area contributed by atoms with Gasteiger partial charge in [-0.2, -0.15) is 9.19 Å². The lowest BCUT2D eigenvalue weighted by atomic mass is 10.1. The minimum atomic E-state index is -3.49. The summed E-state index contributed by atoms with van der Waals surface area (Å²) >= 11 is 5.82. The van der Waals surface area contributed by atoms with Gasteiger partial charge in [-0.25, -0.2) is 12.8 Å². The highest BCUT2D eigenvalue weighted by molar-refractivity contribution is 7.89. The number of hydrogen-bond donors (Lipinski definition) is 0. The van der Waals surface area contributed by atoms with Crippen molar-refractivity contribution in [3.8, 4) is 11.3 Å². The Morgan fingerprint density at radius 2 is 1.89 bits per heavy atom. The molecule has 7 heteroatoms. The molecule has 1 heterocycles. The zero-order chi connectivity index (χ0) is 14.4. The Morgan fingerprint density at radius 1 is 1.26 bits per heavy atom. The smallest absolute Gasteiger partial charge is 0.206 e. The second-order valence-corrected chi connectivity index (χ2v) is 6.58. The third kappa shape index (κ3) is 2.64. The Kier molecular flexibility index (Phi) is 3.40. The van der Waals surface area contributed by atoms with Crippen LogP contribution in [0.25, 0.3) is 11.3 Å². The van der Waals surface area contributed by atoms with Crippen molar-refractivity contribution in [3.05, 3.63) is 40.3 Å². The molecule has 0 bridgehead atoms. The van der Waals surface area contributed by atoms with Gasteiger partial charge in [0, 0.05) is 10.6 Å². The zero-order valence-corrected chi connectivity index (χ0v) is 12.2. The van der Waals surface area contributed by atoms with E-state index in [1.807, 2.05) is 0 Å². The van der Waals surface area contributed by atoms with E-state index in [-0.39, 0.29) is 11.3 Å². The Morgan fingerprint density at radius 3 is 2.42 bits per heavy atom. The fraction of sp³-hybridized carbons (Fsp3) is 0.250. The van der Waals surface area contributed by atoms with Gasteiger partial charge in [0.1, 0.15) is 5.82 Å². The van der Waals surface area contributed by atoms with Gasteiger partial charge in [-0.1, -0.05) is 11.6 Å². The normalized spacial score (nSPS) is 11.8. The maximum absolute atomic E-state index is 13.9. The van der Waals surface area contributed by atoms with Gasteiger partial charge >= 0.3 is 0 Å². The van der Waals surface area contributed by atoms with Crippen molar-refractivity contribution in [2.45, 2.75) is 13.8 Å². The molecular weight excluding hydrogens is 291 g/mol. The van der Waals surface area contributed by atoms with Crippen LogP contribution in [0.1, 0.15) is 11.3 Å². The van der Waals surface area contributed by atoms with Crippen LogP contribution in [0.15, 0.2) is 18.2 Å². The van der Waals surface area contributed by atoms with Crippen LogP contribution >= 0.6 is 11.6 Å². The lowest BCUT2D eigenvalue weighted by molar-refractivity contribution is 0.584.